The van der Waals surface area contributed by atoms with Crippen LogP contribution in [0.25, 0.3) is 0 Å². The molecule has 1 fully saturated rings. The lowest BCUT2D eigenvalue weighted by Crippen LogP contribution is -2.25. The number of nitriles is 2. The van der Waals surface area contributed by atoms with Crippen molar-refractivity contribution < 1.29 is 9.59 Å². The quantitative estimate of drug-likeness (QED) is 0.770. The van der Waals surface area contributed by atoms with Crippen LogP contribution in [-0.4, -0.2) is 11.6 Å². The summed E-state index contributed by atoms with van der Waals surface area (Å²) in [6, 6.07) is 12.9. The van der Waals surface area contributed by atoms with Crippen molar-refractivity contribution in [2.45, 2.75) is 18.8 Å². The van der Waals surface area contributed by atoms with Crippen molar-refractivity contribution in [3.05, 3.63) is 35.9 Å². The topological polar surface area (TPSA) is 81.7 Å². The second-order valence-corrected chi connectivity index (χ2v) is 4.60. The van der Waals surface area contributed by atoms with Crippen LogP contribution in [0.15, 0.2) is 30.3 Å². The maximum absolute atomic E-state index is 11.9. The van der Waals surface area contributed by atoms with Crippen molar-refractivity contribution in [2.24, 2.45) is 11.8 Å². The maximum Gasteiger partial charge on any atom is 0.202 e. The van der Waals surface area contributed by atoms with E-state index in [1.54, 1.807) is 24.3 Å². The van der Waals surface area contributed by atoms with Crippen LogP contribution in [-0.2, 0) is 9.59 Å². The Hall–Kier alpha value is -2.46. The molecule has 4 heteroatoms. The van der Waals surface area contributed by atoms with Gasteiger partial charge in [-0.3, -0.25) is 9.59 Å². The number of rotatable bonds is 3. The summed E-state index contributed by atoms with van der Waals surface area (Å²) in [5.41, 5.74) is 0.767. The molecule has 4 nitrogen and oxygen atoms in total. The van der Waals surface area contributed by atoms with Crippen LogP contribution in [0.1, 0.15) is 24.3 Å². The maximum atomic E-state index is 11.9. The van der Waals surface area contributed by atoms with E-state index in [0.29, 0.717) is 6.42 Å². The predicted octanol–water partition coefficient (Wildman–Crippen LogP) is 1.98. The molecule has 0 aromatic heterocycles. The number of carbonyl (C=O) groups is 2. The highest BCUT2D eigenvalue weighted by Crippen LogP contribution is 2.38. The Labute approximate surface area is 111 Å². The SMILES string of the molecule is N#CC(C#N)[C@H](c1ccccc1)C1CCC(=O)C1=O. The Morgan fingerprint density at radius 2 is 1.74 bits per heavy atom. The zero-order chi connectivity index (χ0) is 13.8. The van der Waals surface area contributed by atoms with Gasteiger partial charge in [-0.2, -0.15) is 10.5 Å². The fourth-order valence-corrected chi connectivity index (χ4v) is 2.61. The minimum Gasteiger partial charge on any atom is -0.291 e. The number of hydrogen-bond acceptors (Lipinski definition) is 4. The summed E-state index contributed by atoms with van der Waals surface area (Å²) in [4.78, 5) is 23.3. The van der Waals surface area contributed by atoms with E-state index >= 15 is 0 Å². The van der Waals surface area contributed by atoms with E-state index in [1.807, 2.05) is 18.2 Å². The van der Waals surface area contributed by atoms with E-state index in [1.165, 1.54) is 0 Å². The molecule has 2 atom stereocenters. The molecule has 0 radical (unpaired) electrons. The fourth-order valence-electron chi connectivity index (χ4n) is 2.61. The Bertz CT molecular complexity index is 566. The molecule has 0 aliphatic heterocycles. The highest BCUT2D eigenvalue weighted by molar-refractivity contribution is 6.40. The summed E-state index contributed by atoms with van der Waals surface area (Å²) >= 11 is 0. The van der Waals surface area contributed by atoms with Gasteiger partial charge >= 0.3 is 0 Å². The first-order valence-electron chi connectivity index (χ1n) is 6.10. The van der Waals surface area contributed by atoms with Gasteiger partial charge in [-0.15, -0.1) is 0 Å². The number of hydrogen-bond donors (Lipinski definition) is 0. The summed E-state index contributed by atoms with van der Waals surface area (Å²) in [6.45, 7) is 0. The molecule has 1 aromatic carbocycles. The summed E-state index contributed by atoms with van der Waals surface area (Å²) in [5, 5.41) is 18.2. The van der Waals surface area contributed by atoms with Crippen molar-refractivity contribution in [1.29, 1.82) is 10.5 Å². The smallest absolute Gasteiger partial charge is 0.202 e. The highest BCUT2D eigenvalue weighted by atomic mass is 16.2. The van der Waals surface area contributed by atoms with Gasteiger partial charge in [-0.1, -0.05) is 30.3 Å². The molecule has 1 saturated carbocycles. The number of ketones is 2. The second kappa shape index (κ2) is 5.46. The zero-order valence-electron chi connectivity index (χ0n) is 10.2. The molecule has 0 saturated heterocycles. The molecule has 1 aliphatic rings. The Kier molecular flexibility index (Phi) is 3.73. The van der Waals surface area contributed by atoms with Crippen molar-refractivity contribution in [3.8, 4) is 12.1 Å². The minimum absolute atomic E-state index is 0.219. The normalized spacial score (nSPS) is 20.1. The Morgan fingerprint density at radius 1 is 1.11 bits per heavy atom. The average molecular weight is 252 g/mol. The fraction of sp³-hybridized carbons (Fsp3) is 0.333. The second-order valence-electron chi connectivity index (χ2n) is 4.60. The van der Waals surface area contributed by atoms with Crippen LogP contribution in [0.3, 0.4) is 0 Å². The van der Waals surface area contributed by atoms with E-state index in [0.717, 1.165) is 5.56 Å². The van der Waals surface area contributed by atoms with Crippen molar-refractivity contribution in [2.75, 3.05) is 0 Å². The third-order valence-electron chi connectivity index (χ3n) is 3.55. The molecule has 0 amide bonds. The van der Waals surface area contributed by atoms with Crippen molar-refractivity contribution in [3.63, 3.8) is 0 Å². The molecule has 0 N–H and O–H groups in total. The number of benzene rings is 1. The van der Waals surface area contributed by atoms with E-state index in [-0.39, 0.29) is 12.2 Å². The molecule has 1 aromatic rings. The number of carbonyl (C=O) groups excluding carboxylic acids is 2. The zero-order valence-corrected chi connectivity index (χ0v) is 10.2. The minimum atomic E-state index is -0.915. The first-order chi connectivity index (χ1) is 9.19. The monoisotopic (exact) mass is 252 g/mol. The average Bonchev–Trinajstić information content (AvgIpc) is 2.77. The highest BCUT2D eigenvalue weighted by Gasteiger charge is 2.42. The van der Waals surface area contributed by atoms with Crippen LogP contribution in [0, 0.1) is 34.5 Å². The Balaban J connectivity index is 2.42. The van der Waals surface area contributed by atoms with Crippen LogP contribution in [0.4, 0.5) is 0 Å². The Morgan fingerprint density at radius 3 is 2.21 bits per heavy atom. The molecular formula is C15H12N2O2. The van der Waals surface area contributed by atoms with Gasteiger partial charge in [0, 0.05) is 18.3 Å². The van der Waals surface area contributed by atoms with Crippen molar-refractivity contribution >= 4 is 11.6 Å². The first kappa shape index (κ1) is 13.0. The predicted molar refractivity (Wildman–Crippen MR) is 66.6 cm³/mol. The van der Waals surface area contributed by atoms with E-state index in [4.69, 9.17) is 10.5 Å². The van der Waals surface area contributed by atoms with Crippen molar-refractivity contribution in [1.82, 2.24) is 0 Å². The summed E-state index contributed by atoms with van der Waals surface area (Å²) < 4.78 is 0. The molecular weight excluding hydrogens is 240 g/mol. The third-order valence-corrected chi connectivity index (χ3v) is 3.55. The van der Waals surface area contributed by atoms with Gasteiger partial charge in [0.15, 0.2) is 5.78 Å². The van der Waals surface area contributed by atoms with Crippen LogP contribution < -0.4 is 0 Å². The van der Waals surface area contributed by atoms with Gasteiger partial charge in [0.2, 0.25) is 5.78 Å². The van der Waals surface area contributed by atoms with E-state index in [9.17, 15) is 9.59 Å². The van der Waals surface area contributed by atoms with Gasteiger partial charge in [0.05, 0.1) is 12.1 Å². The largest absolute Gasteiger partial charge is 0.291 e. The lowest BCUT2D eigenvalue weighted by atomic mass is 9.76. The summed E-state index contributed by atoms with van der Waals surface area (Å²) in [6.07, 6.45) is 0.646. The third kappa shape index (κ3) is 2.39. The molecule has 0 bridgehead atoms. The van der Waals surface area contributed by atoms with Gasteiger partial charge in [-0.25, -0.2) is 0 Å². The van der Waals surface area contributed by atoms with Crippen LogP contribution in [0.5, 0.6) is 0 Å². The van der Waals surface area contributed by atoms with Gasteiger partial charge in [0.1, 0.15) is 5.92 Å². The molecule has 2 rings (SSSR count). The van der Waals surface area contributed by atoms with Gasteiger partial charge in [0.25, 0.3) is 0 Å². The molecule has 0 heterocycles. The first-order valence-corrected chi connectivity index (χ1v) is 6.10. The van der Waals surface area contributed by atoms with Gasteiger partial charge in [-0.05, 0) is 12.0 Å². The van der Waals surface area contributed by atoms with Gasteiger partial charge < -0.3 is 0 Å². The molecule has 19 heavy (non-hydrogen) atoms. The standard InChI is InChI=1S/C15H12N2O2/c16-8-11(9-17)14(10-4-2-1-3-5-10)12-6-7-13(18)15(12)19/h1-5,11-12,14H,6-7H2/t12?,14-/m0/s1. The lowest BCUT2D eigenvalue weighted by Gasteiger charge is -2.22. The number of Topliss-reactive ketones (excluding diaryl/α,β-unsaturated/α-hetero) is 2. The van der Waals surface area contributed by atoms with E-state index < -0.39 is 23.5 Å². The summed E-state index contributed by atoms with van der Waals surface area (Å²) in [7, 11) is 0. The summed E-state index contributed by atoms with van der Waals surface area (Å²) in [5.74, 6) is -2.80. The van der Waals surface area contributed by atoms with Crippen LogP contribution in [0.2, 0.25) is 0 Å². The van der Waals surface area contributed by atoms with E-state index in [2.05, 4.69) is 0 Å². The van der Waals surface area contributed by atoms with Crippen LogP contribution >= 0.6 is 0 Å². The molecule has 1 aliphatic carbocycles. The molecule has 94 valence electrons. The molecule has 0 spiro atoms. The molecule has 1 unspecified atom stereocenters. The number of nitrogens with zero attached hydrogens (tertiary/aromatic N) is 2. The lowest BCUT2D eigenvalue weighted by molar-refractivity contribution is -0.136.